The highest BCUT2D eigenvalue weighted by Gasteiger charge is 2.22. The van der Waals surface area contributed by atoms with Crippen LogP contribution in [-0.4, -0.2) is 13.4 Å². The van der Waals surface area contributed by atoms with Gasteiger partial charge in [-0.1, -0.05) is 0 Å². The molecule has 3 N–H and O–H groups in total. The first-order chi connectivity index (χ1) is 9.31. The summed E-state index contributed by atoms with van der Waals surface area (Å²) in [6.45, 7) is 1.84. The predicted octanol–water partition coefficient (Wildman–Crippen LogP) is 2.41. The Balaban J connectivity index is 2.29. The summed E-state index contributed by atoms with van der Waals surface area (Å²) in [4.78, 5) is 4.31. The van der Waals surface area contributed by atoms with E-state index in [9.17, 15) is 12.8 Å². The second-order valence-electron chi connectivity index (χ2n) is 4.00. The van der Waals surface area contributed by atoms with E-state index in [1.807, 2.05) is 0 Å². The van der Waals surface area contributed by atoms with E-state index in [0.29, 0.717) is 0 Å². The fourth-order valence-corrected chi connectivity index (χ4v) is 4.06. The molecule has 1 heterocycles. The largest absolute Gasteiger partial charge is 0.399 e. The van der Waals surface area contributed by atoms with Gasteiger partial charge in [-0.15, -0.1) is 11.3 Å². The molecule has 2 rings (SSSR count). The Morgan fingerprint density at radius 1 is 1.50 bits per heavy atom. The molecule has 1 aromatic carbocycles. The predicted molar refractivity (Wildman–Crippen MR) is 79.4 cm³/mol. The first-order valence-corrected chi connectivity index (χ1v) is 8.60. The van der Waals surface area contributed by atoms with Crippen molar-refractivity contribution in [2.45, 2.75) is 18.4 Å². The van der Waals surface area contributed by atoms with Crippen molar-refractivity contribution in [3.63, 3.8) is 0 Å². The minimum absolute atomic E-state index is 0.00634. The van der Waals surface area contributed by atoms with E-state index in [1.54, 1.807) is 12.4 Å². The Labute approximate surface area is 128 Å². The molecule has 0 aliphatic heterocycles. The van der Waals surface area contributed by atoms with Gasteiger partial charge < -0.3 is 5.73 Å². The van der Waals surface area contributed by atoms with Gasteiger partial charge in [0.25, 0.3) is 0 Å². The summed E-state index contributed by atoms with van der Waals surface area (Å²) in [5.74, 6) is -0.868. The molecule has 0 aliphatic rings. The van der Waals surface area contributed by atoms with Crippen LogP contribution < -0.4 is 10.5 Å². The number of benzene rings is 1. The number of anilines is 1. The molecule has 0 atom stereocenters. The molecule has 0 unspecified atom stereocenters. The molecule has 0 bridgehead atoms. The highest BCUT2D eigenvalue weighted by molar-refractivity contribution is 9.10. The molecular weight excluding hydrogens is 369 g/mol. The second kappa shape index (κ2) is 5.76. The summed E-state index contributed by atoms with van der Waals surface area (Å²) >= 11 is 4.27. The van der Waals surface area contributed by atoms with Crippen molar-refractivity contribution >= 4 is 43.0 Å². The van der Waals surface area contributed by atoms with Crippen LogP contribution in [0.3, 0.4) is 0 Å². The molecule has 0 saturated carbocycles. The van der Waals surface area contributed by atoms with Crippen molar-refractivity contribution in [3.8, 4) is 0 Å². The van der Waals surface area contributed by atoms with Gasteiger partial charge in [0.1, 0.15) is 4.90 Å². The number of rotatable bonds is 4. The van der Waals surface area contributed by atoms with Crippen molar-refractivity contribution in [1.29, 1.82) is 0 Å². The van der Waals surface area contributed by atoms with Crippen molar-refractivity contribution in [2.75, 3.05) is 5.73 Å². The standard InChI is InChI=1S/C11H11BrFN3O2S2/c1-6-9(19-5-15-6)4-16-20(17,18)10-3-7(14)2-8(12)11(10)13/h2-3,5,16H,4,14H2,1H3. The lowest BCUT2D eigenvalue weighted by molar-refractivity contribution is 0.554. The van der Waals surface area contributed by atoms with E-state index in [-0.39, 0.29) is 16.7 Å². The van der Waals surface area contributed by atoms with E-state index in [0.717, 1.165) is 16.6 Å². The van der Waals surface area contributed by atoms with Gasteiger partial charge in [0.15, 0.2) is 5.82 Å². The first kappa shape index (κ1) is 15.4. The lowest BCUT2D eigenvalue weighted by Gasteiger charge is -2.09. The number of aromatic nitrogens is 1. The van der Waals surface area contributed by atoms with E-state index in [4.69, 9.17) is 5.73 Å². The van der Waals surface area contributed by atoms with Gasteiger partial charge in [-0.25, -0.2) is 22.5 Å². The van der Waals surface area contributed by atoms with Crippen LogP contribution in [0.1, 0.15) is 10.6 Å². The zero-order chi connectivity index (χ0) is 14.9. The zero-order valence-electron chi connectivity index (χ0n) is 10.4. The lowest BCUT2D eigenvalue weighted by Crippen LogP contribution is -2.24. The Kier molecular flexibility index (Phi) is 4.43. The number of halogens is 2. The summed E-state index contributed by atoms with van der Waals surface area (Å²) in [6, 6.07) is 2.39. The van der Waals surface area contributed by atoms with Crippen molar-refractivity contribution in [2.24, 2.45) is 0 Å². The average Bonchev–Trinajstić information content (AvgIpc) is 2.77. The third-order valence-corrected chi connectivity index (χ3v) is 5.49. The van der Waals surface area contributed by atoms with Gasteiger partial charge in [0.05, 0.1) is 15.7 Å². The van der Waals surface area contributed by atoms with Crippen LogP contribution in [0.4, 0.5) is 10.1 Å². The lowest BCUT2D eigenvalue weighted by atomic mass is 10.3. The second-order valence-corrected chi connectivity index (χ2v) is 7.53. The number of aryl methyl sites for hydroxylation is 1. The van der Waals surface area contributed by atoms with E-state index >= 15 is 0 Å². The quantitative estimate of drug-likeness (QED) is 0.798. The van der Waals surface area contributed by atoms with Gasteiger partial charge in [0, 0.05) is 17.1 Å². The Hall–Kier alpha value is -1.03. The Bertz CT molecular complexity index is 746. The van der Waals surface area contributed by atoms with Gasteiger partial charge in [-0.2, -0.15) is 0 Å². The molecule has 0 amide bonds. The van der Waals surface area contributed by atoms with Gasteiger partial charge in [-0.3, -0.25) is 0 Å². The molecule has 108 valence electrons. The van der Waals surface area contributed by atoms with Crippen LogP contribution >= 0.6 is 27.3 Å². The maximum absolute atomic E-state index is 13.9. The number of nitrogens with two attached hydrogens (primary N) is 1. The summed E-state index contributed by atoms with van der Waals surface area (Å²) in [6.07, 6.45) is 0. The maximum atomic E-state index is 13.9. The van der Waals surface area contributed by atoms with Crippen LogP contribution in [0.5, 0.6) is 0 Å². The molecule has 9 heteroatoms. The Morgan fingerprint density at radius 3 is 2.80 bits per heavy atom. The number of sulfonamides is 1. The fraction of sp³-hybridized carbons (Fsp3) is 0.182. The molecule has 1 aromatic heterocycles. The normalized spacial score (nSPS) is 11.8. The summed E-state index contributed by atoms with van der Waals surface area (Å²) < 4.78 is 40.5. The minimum atomic E-state index is -3.98. The van der Waals surface area contributed by atoms with Crippen LogP contribution in [-0.2, 0) is 16.6 Å². The Morgan fingerprint density at radius 2 is 2.20 bits per heavy atom. The van der Waals surface area contributed by atoms with Crippen LogP contribution in [0.15, 0.2) is 27.0 Å². The number of nitrogen functional groups attached to an aromatic ring is 1. The number of hydrogen-bond donors (Lipinski definition) is 2. The molecule has 5 nitrogen and oxygen atoms in total. The molecule has 0 fully saturated rings. The molecule has 20 heavy (non-hydrogen) atoms. The van der Waals surface area contributed by atoms with Crippen LogP contribution in [0.25, 0.3) is 0 Å². The topological polar surface area (TPSA) is 85.1 Å². The van der Waals surface area contributed by atoms with Crippen LogP contribution in [0.2, 0.25) is 0 Å². The number of hydrogen-bond acceptors (Lipinski definition) is 5. The summed E-state index contributed by atoms with van der Waals surface area (Å²) in [5.41, 5.74) is 8.07. The summed E-state index contributed by atoms with van der Waals surface area (Å²) in [5, 5.41) is 0. The highest BCUT2D eigenvalue weighted by atomic mass is 79.9. The number of nitrogens with zero attached hydrogens (tertiary/aromatic N) is 1. The van der Waals surface area contributed by atoms with Crippen molar-refractivity contribution in [1.82, 2.24) is 9.71 Å². The zero-order valence-corrected chi connectivity index (χ0v) is 13.6. The van der Waals surface area contributed by atoms with Gasteiger partial charge in [-0.05, 0) is 35.0 Å². The van der Waals surface area contributed by atoms with E-state index in [2.05, 4.69) is 25.6 Å². The third kappa shape index (κ3) is 3.17. The SMILES string of the molecule is Cc1ncsc1CNS(=O)(=O)c1cc(N)cc(Br)c1F. The molecule has 2 aromatic rings. The number of nitrogens with one attached hydrogen (secondary N) is 1. The minimum Gasteiger partial charge on any atom is -0.399 e. The first-order valence-electron chi connectivity index (χ1n) is 5.44. The molecule has 0 spiro atoms. The molecule has 0 radical (unpaired) electrons. The number of thiazole rings is 1. The van der Waals surface area contributed by atoms with Crippen molar-refractivity contribution in [3.05, 3.63) is 38.5 Å². The molecule has 0 saturated heterocycles. The van der Waals surface area contributed by atoms with E-state index < -0.39 is 20.7 Å². The fourth-order valence-electron chi connectivity index (χ4n) is 1.51. The smallest absolute Gasteiger partial charge is 0.243 e. The van der Waals surface area contributed by atoms with E-state index in [1.165, 1.54) is 17.4 Å². The highest BCUT2D eigenvalue weighted by Crippen LogP contribution is 2.26. The molecule has 0 aliphatic carbocycles. The molecular formula is C11H11BrFN3O2S2. The third-order valence-electron chi connectivity index (χ3n) is 2.57. The maximum Gasteiger partial charge on any atom is 0.243 e. The monoisotopic (exact) mass is 379 g/mol. The van der Waals surface area contributed by atoms with Crippen LogP contribution in [0, 0.1) is 12.7 Å². The van der Waals surface area contributed by atoms with Gasteiger partial charge in [0.2, 0.25) is 10.0 Å². The summed E-state index contributed by atoms with van der Waals surface area (Å²) in [7, 11) is -3.98. The van der Waals surface area contributed by atoms with Gasteiger partial charge >= 0.3 is 0 Å². The van der Waals surface area contributed by atoms with Crippen molar-refractivity contribution < 1.29 is 12.8 Å². The average molecular weight is 380 g/mol.